The number of fused-ring (bicyclic) bond motifs is 1. The first-order chi connectivity index (χ1) is 14.9. The van der Waals surface area contributed by atoms with Gasteiger partial charge in [-0.2, -0.15) is 0 Å². The van der Waals surface area contributed by atoms with Crippen LogP contribution in [0.2, 0.25) is 0 Å². The van der Waals surface area contributed by atoms with Gasteiger partial charge in [0.15, 0.2) is 10.9 Å². The van der Waals surface area contributed by atoms with Crippen molar-refractivity contribution in [2.45, 2.75) is 17.1 Å². The van der Waals surface area contributed by atoms with E-state index in [9.17, 15) is 17.6 Å². The summed E-state index contributed by atoms with van der Waals surface area (Å²) in [6.07, 6.45) is 1.47. The zero-order chi connectivity index (χ0) is 22.0. The van der Waals surface area contributed by atoms with Crippen molar-refractivity contribution in [1.82, 2.24) is 9.88 Å². The third-order valence-electron chi connectivity index (χ3n) is 5.09. The van der Waals surface area contributed by atoms with Crippen LogP contribution in [0.3, 0.4) is 0 Å². The number of sulfonamides is 1. The lowest BCUT2D eigenvalue weighted by Gasteiger charge is -2.30. The van der Waals surface area contributed by atoms with E-state index in [0.717, 1.165) is 61.2 Å². The van der Waals surface area contributed by atoms with Crippen LogP contribution in [-0.2, 0) is 14.8 Å². The first-order valence-electron chi connectivity index (χ1n) is 9.75. The van der Waals surface area contributed by atoms with Gasteiger partial charge in [0.1, 0.15) is 9.73 Å². The van der Waals surface area contributed by atoms with Crippen molar-refractivity contribution in [2.24, 2.45) is 11.7 Å². The van der Waals surface area contributed by atoms with E-state index < -0.39 is 15.8 Å². The van der Waals surface area contributed by atoms with Gasteiger partial charge in [0.2, 0.25) is 5.91 Å². The second kappa shape index (κ2) is 10.4. The van der Waals surface area contributed by atoms with Gasteiger partial charge in [0, 0.05) is 25.1 Å². The Morgan fingerprint density at radius 2 is 2.06 bits per heavy atom. The minimum Gasteiger partial charge on any atom is -0.329 e. The Bertz CT molecular complexity index is 1180. The lowest BCUT2D eigenvalue weighted by atomic mass is 9.96. The van der Waals surface area contributed by atoms with Gasteiger partial charge in [0.25, 0.3) is 10.0 Å². The van der Waals surface area contributed by atoms with Crippen LogP contribution in [0.15, 0.2) is 33.9 Å². The molecule has 8 nitrogen and oxygen atoms in total. The number of hydrogen-bond donors (Lipinski definition) is 3. The van der Waals surface area contributed by atoms with E-state index in [1.165, 1.54) is 12.1 Å². The molecule has 174 valence electrons. The molecule has 0 radical (unpaired) electrons. The number of hydrogen-bond acceptors (Lipinski definition) is 8. The Hall–Kier alpha value is -1.83. The SMILES string of the molecule is Cl.NCCN1CCC(C(=O)Nc2nc3c(F)cc(NS(=O)(=O)c4cccs4)cc3s2)CC1. The number of thiophene rings is 1. The molecular formula is C19H23ClFN5O3S3. The van der Waals surface area contributed by atoms with Crippen LogP contribution in [0.25, 0.3) is 10.2 Å². The topological polar surface area (TPSA) is 117 Å². The number of carbonyl (C=O) groups is 1. The number of piperidine rings is 1. The van der Waals surface area contributed by atoms with Crippen LogP contribution >= 0.6 is 35.1 Å². The van der Waals surface area contributed by atoms with Crippen molar-refractivity contribution < 1.29 is 17.6 Å². The van der Waals surface area contributed by atoms with Gasteiger partial charge in [-0.1, -0.05) is 17.4 Å². The predicted octanol–water partition coefficient (Wildman–Crippen LogP) is 3.33. The second-order valence-corrected chi connectivity index (χ2v) is 11.1. The van der Waals surface area contributed by atoms with Crippen molar-refractivity contribution in [3.8, 4) is 0 Å². The van der Waals surface area contributed by atoms with E-state index in [1.807, 2.05) is 0 Å². The van der Waals surface area contributed by atoms with Gasteiger partial charge in [-0.05, 0) is 43.4 Å². The van der Waals surface area contributed by atoms with Crippen molar-refractivity contribution >= 4 is 72.0 Å². The van der Waals surface area contributed by atoms with E-state index in [-0.39, 0.29) is 39.6 Å². The molecule has 0 bridgehead atoms. The molecule has 0 atom stereocenters. The molecule has 32 heavy (non-hydrogen) atoms. The van der Waals surface area contributed by atoms with E-state index >= 15 is 0 Å². The average molecular weight is 520 g/mol. The third-order valence-corrected chi connectivity index (χ3v) is 8.79. The predicted molar refractivity (Wildman–Crippen MR) is 129 cm³/mol. The quantitative estimate of drug-likeness (QED) is 0.441. The second-order valence-electron chi connectivity index (χ2n) is 7.26. The summed E-state index contributed by atoms with van der Waals surface area (Å²) in [7, 11) is -3.79. The summed E-state index contributed by atoms with van der Waals surface area (Å²) in [4.78, 5) is 19.0. The minimum absolute atomic E-state index is 0. The first kappa shape index (κ1) is 24.8. The largest absolute Gasteiger partial charge is 0.329 e. The molecule has 13 heteroatoms. The summed E-state index contributed by atoms with van der Waals surface area (Å²) >= 11 is 2.18. The molecule has 4 rings (SSSR count). The average Bonchev–Trinajstić information content (AvgIpc) is 3.39. The Morgan fingerprint density at radius 1 is 1.31 bits per heavy atom. The molecule has 1 fully saturated rings. The number of thiazole rings is 1. The van der Waals surface area contributed by atoms with Gasteiger partial charge in [-0.15, -0.1) is 23.7 Å². The fourth-order valence-corrected chi connectivity index (χ4v) is 6.49. The molecule has 0 spiro atoms. The van der Waals surface area contributed by atoms with E-state index in [1.54, 1.807) is 11.4 Å². The number of nitrogens with two attached hydrogens (primary N) is 1. The molecule has 1 aliphatic rings. The van der Waals surface area contributed by atoms with Crippen LogP contribution in [-0.4, -0.2) is 50.4 Å². The highest BCUT2D eigenvalue weighted by atomic mass is 35.5. The summed E-state index contributed by atoms with van der Waals surface area (Å²) < 4.78 is 42.3. The smallest absolute Gasteiger partial charge is 0.271 e. The van der Waals surface area contributed by atoms with Gasteiger partial charge in [0.05, 0.1) is 10.4 Å². The Labute approximate surface area is 199 Å². The van der Waals surface area contributed by atoms with Gasteiger partial charge in [-0.3, -0.25) is 9.52 Å². The molecule has 1 aliphatic heterocycles. The van der Waals surface area contributed by atoms with Gasteiger partial charge < -0.3 is 16.0 Å². The number of rotatable bonds is 7. The molecule has 1 amide bonds. The standard InChI is InChI=1S/C19H22FN5O3S3.ClH/c20-14-10-13(24-31(27,28)16-2-1-9-29-16)11-15-17(14)22-19(30-15)23-18(26)12-3-6-25(7-4-12)8-5-21;/h1-2,9-12,24H,3-8,21H2,(H,22,23,26);1H. The van der Waals surface area contributed by atoms with Crippen LogP contribution in [0.4, 0.5) is 15.2 Å². The Morgan fingerprint density at radius 3 is 2.72 bits per heavy atom. The minimum atomic E-state index is -3.79. The number of nitrogens with one attached hydrogen (secondary N) is 2. The lowest BCUT2D eigenvalue weighted by Crippen LogP contribution is -2.40. The Balaban J connectivity index is 0.00000289. The molecule has 1 saturated heterocycles. The molecule has 1 aromatic carbocycles. The monoisotopic (exact) mass is 519 g/mol. The zero-order valence-corrected chi connectivity index (χ0v) is 20.2. The number of benzene rings is 1. The van der Waals surface area contributed by atoms with Crippen LogP contribution in [0.1, 0.15) is 12.8 Å². The van der Waals surface area contributed by atoms with Gasteiger partial charge in [-0.25, -0.2) is 17.8 Å². The maximum absolute atomic E-state index is 14.6. The fraction of sp³-hybridized carbons (Fsp3) is 0.368. The molecule has 3 aromatic rings. The van der Waals surface area contributed by atoms with Crippen molar-refractivity contribution in [1.29, 1.82) is 0 Å². The number of halogens is 2. The molecule has 4 N–H and O–H groups in total. The summed E-state index contributed by atoms with van der Waals surface area (Å²) in [6, 6.07) is 5.71. The van der Waals surface area contributed by atoms with Crippen molar-refractivity contribution in [3.05, 3.63) is 35.5 Å². The highest BCUT2D eigenvalue weighted by Gasteiger charge is 2.25. The third kappa shape index (κ3) is 5.56. The summed E-state index contributed by atoms with van der Waals surface area (Å²) in [5.74, 6) is -0.919. The summed E-state index contributed by atoms with van der Waals surface area (Å²) in [5, 5.41) is 4.73. The number of likely N-dealkylation sites (tertiary alicyclic amines) is 1. The summed E-state index contributed by atoms with van der Waals surface area (Å²) in [6.45, 7) is 3.05. The number of aromatic nitrogens is 1. The molecule has 2 aromatic heterocycles. The molecule has 3 heterocycles. The van der Waals surface area contributed by atoms with Gasteiger partial charge >= 0.3 is 0 Å². The van der Waals surface area contributed by atoms with Crippen molar-refractivity contribution in [3.63, 3.8) is 0 Å². The highest BCUT2D eigenvalue weighted by molar-refractivity contribution is 7.94. The normalized spacial score (nSPS) is 15.4. The molecule has 0 saturated carbocycles. The number of amides is 1. The van der Waals surface area contributed by atoms with E-state index in [0.29, 0.717) is 16.4 Å². The van der Waals surface area contributed by atoms with Crippen LogP contribution < -0.4 is 15.8 Å². The number of anilines is 2. The summed E-state index contributed by atoms with van der Waals surface area (Å²) in [5.41, 5.74) is 5.78. The fourth-order valence-electron chi connectivity index (χ4n) is 3.53. The molecule has 0 aliphatic carbocycles. The number of carbonyl (C=O) groups excluding carboxylic acids is 1. The molecular weight excluding hydrogens is 497 g/mol. The van der Waals surface area contributed by atoms with E-state index in [2.05, 4.69) is 19.9 Å². The molecule has 0 unspecified atom stereocenters. The van der Waals surface area contributed by atoms with E-state index in [4.69, 9.17) is 5.73 Å². The highest BCUT2D eigenvalue weighted by Crippen LogP contribution is 2.32. The van der Waals surface area contributed by atoms with Crippen LogP contribution in [0, 0.1) is 11.7 Å². The maximum Gasteiger partial charge on any atom is 0.271 e. The first-order valence-corrected chi connectivity index (χ1v) is 12.9. The lowest BCUT2D eigenvalue weighted by molar-refractivity contribution is -0.121. The van der Waals surface area contributed by atoms with Crippen LogP contribution in [0.5, 0.6) is 0 Å². The maximum atomic E-state index is 14.6. The Kier molecular flexibility index (Phi) is 8.06. The number of nitrogens with zero attached hydrogens (tertiary/aromatic N) is 2. The van der Waals surface area contributed by atoms with Crippen molar-refractivity contribution in [2.75, 3.05) is 36.2 Å². The zero-order valence-electron chi connectivity index (χ0n) is 16.9.